The molecule has 112 valence electrons. The van der Waals surface area contributed by atoms with Gasteiger partial charge in [0.1, 0.15) is 0 Å². The summed E-state index contributed by atoms with van der Waals surface area (Å²) in [6.45, 7) is 4.60. The minimum Gasteiger partial charge on any atom is -0.302 e. The van der Waals surface area contributed by atoms with E-state index >= 15 is 0 Å². The van der Waals surface area contributed by atoms with Gasteiger partial charge in [0.15, 0.2) is 0 Å². The molecule has 1 fully saturated rings. The van der Waals surface area contributed by atoms with Crippen LogP contribution in [0.1, 0.15) is 18.1 Å². The van der Waals surface area contributed by atoms with Gasteiger partial charge in [0.05, 0.1) is 5.56 Å². The molecule has 2 rings (SSSR count). The number of halogens is 3. The van der Waals surface area contributed by atoms with Crippen molar-refractivity contribution < 1.29 is 13.2 Å². The fourth-order valence-corrected chi connectivity index (χ4v) is 2.44. The van der Waals surface area contributed by atoms with E-state index in [1.165, 1.54) is 0 Å². The highest BCUT2D eigenvalue weighted by atomic mass is 19.4. The molecule has 1 heterocycles. The molecule has 0 amide bonds. The monoisotopic (exact) mass is 287 g/mol. The van der Waals surface area contributed by atoms with Crippen LogP contribution in [0.5, 0.6) is 0 Å². The molecule has 3 nitrogen and oxygen atoms in total. The Morgan fingerprint density at radius 3 is 2.40 bits per heavy atom. The summed E-state index contributed by atoms with van der Waals surface area (Å²) in [5.74, 6) is 0.509. The van der Waals surface area contributed by atoms with E-state index in [1.807, 2.05) is 7.05 Å². The smallest absolute Gasteiger partial charge is 0.302 e. The van der Waals surface area contributed by atoms with Gasteiger partial charge in [-0.05, 0) is 31.7 Å². The van der Waals surface area contributed by atoms with E-state index in [0.717, 1.165) is 30.8 Å². The maximum Gasteiger partial charge on any atom is 0.416 e. The molecular formula is C14H20F3N3. The first-order valence-corrected chi connectivity index (χ1v) is 6.69. The van der Waals surface area contributed by atoms with Crippen molar-refractivity contribution >= 4 is 0 Å². The standard InChI is InChI=1S/C14H20F3N3/c1-10-12(7-18-19-10)9-20(2)8-11-3-5-13(6-4-11)14(15,16)17/h3-6,10,12,18-19H,7-9H2,1-2H3. The molecule has 1 aromatic rings. The van der Waals surface area contributed by atoms with Gasteiger partial charge in [0.2, 0.25) is 0 Å². The van der Waals surface area contributed by atoms with Gasteiger partial charge >= 0.3 is 6.18 Å². The minimum absolute atomic E-state index is 0.407. The lowest BCUT2D eigenvalue weighted by Crippen LogP contribution is -2.33. The molecule has 0 aliphatic carbocycles. The zero-order chi connectivity index (χ0) is 14.8. The van der Waals surface area contributed by atoms with Crippen molar-refractivity contribution in [2.24, 2.45) is 5.92 Å². The molecule has 0 bridgehead atoms. The average Bonchev–Trinajstić information content (AvgIpc) is 2.74. The van der Waals surface area contributed by atoms with Crippen LogP contribution in [0.15, 0.2) is 24.3 Å². The van der Waals surface area contributed by atoms with Gasteiger partial charge in [-0.2, -0.15) is 13.2 Å². The Hall–Kier alpha value is -1.11. The molecule has 0 radical (unpaired) electrons. The van der Waals surface area contributed by atoms with E-state index in [4.69, 9.17) is 0 Å². The number of nitrogens with zero attached hydrogens (tertiary/aromatic N) is 1. The van der Waals surface area contributed by atoms with Gasteiger partial charge in [0.25, 0.3) is 0 Å². The normalized spacial score (nSPS) is 23.5. The van der Waals surface area contributed by atoms with Crippen molar-refractivity contribution in [3.8, 4) is 0 Å². The van der Waals surface area contributed by atoms with E-state index in [0.29, 0.717) is 18.5 Å². The molecule has 0 aromatic heterocycles. The summed E-state index contributed by atoms with van der Waals surface area (Å²) in [7, 11) is 1.99. The molecule has 2 unspecified atom stereocenters. The number of alkyl halides is 3. The zero-order valence-corrected chi connectivity index (χ0v) is 11.7. The van der Waals surface area contributed by atoms with Crippen LogP contribution in [0.25, 0.3) is 0 Å². The fraction of sp³-hybridized carbons (Fsp3) is 0.571. The van der Waals surface area contributed by atoms with Crippen LogP contribution in [-0.2, 0) is 12.7 Å². The number of hydrazine groups is 1. The Kier molecular flexibility index (Phi) is 4.67. The number of hydrogen-bond acceptors (Lipinski definition) is 3. The van der Waals surface area contributed by atoms with Gasteiger partial charge in [-0.3, -0.25) is 10.9 Å². The molecule has 0 saturated carbocycles. The quantitative estimate of drug-likeness (QED) is 0.889. The lowest BCUT2D eigenvalue weighted by atomic mass is 10.0. The highest BCUT2D eigenvalue weighted by molar-refractivity contribution is 5.24. The van der Waals surface area contributed by atoms with Crippen LogP contribution in [-0.4, -0.2) is 31.1 Å². The Morgan fingerprint density at radius 1 is 1.25 bits per heavy atom. The number of benzene rings is 1. The molecule has 1 saturated heterocycles. The van der Waals surface area contributed by atoms with Crippen molar-refractivity contribution in [3.63, 3.8) is 0 Å². The summed E-state index contributed by atoms with van der Waals surface area (Å²) < 4.78 is 37.4. The van der Waals surface area contributed by atoms with E-state index in [1.54, 1.807) is 12.1 Å². The van der Waals surface area contributed by atoms with Crippen LogP contribution >= 0.6 is 0 Å². The van der Waals surface area contributed by atoms with Gasteiger partial charge in [0, 0.05) is 31.6 Å². The van der Waals surface area contributed by atoms with Gasteiger partial charge in [-0.1, -0.05) is 12.1 Å². The second kappa shape index (κ2) is 6.11. The number of rotatable bonds is 4. The molecule has 2 N–H and O–H groups in total. The van der Waals surface area contributed by atoms with Crippen LogP contribution in [0, 0.1) is 5.92 Å². The van der Waals surface area contributed by atoms with Gasteiger partial charge in [-0.15, -0.1) is 0 Å². The first kappa shape index (κ1) is 15.3. The second-order valence-electron chi connectivity index (χ2n) is 5.47. The molecule has 0 spiro atoms. The predicted octanol–water partition coefficient (Wildman–Crippen LogP) is 2.25. The Balaban J connectivity index is 1.89. The summed E-state index contributed by atoms with van der Waals surface area (Å²) in [4.78, 5) is 2.14. The van der Waals surface area contributed by atoms with E-state index in [-0.39, 0.29) is 0 Å². The average molecular weight is 287 g/mol. The maximum absolute atomic E-state index is 12.5. The summed E-state index contributed by atoms with van der Waals surface area (Å²) in [5, 5.41) is 0. The van der Waals surface area contributed by atoms with E-state index < -0.39 is 11.7 Å². The Morgan fingerprint density at radius 2 is 1.90 bits per heavy atom. The summed E-state index contributed by atoms with van der Waals surface area (Å²) >= 11 is 0. The van der Waals surface area contributed by atoms with Crippen molar-refractivity contribution in [2.45, 2.75) is 25.7 Å². The molecule has 1 aromatic carbocycles. The summed E-state index contributed by atoms with van der Waals surface area (Å²) in [6.07, 6.45) is -4.26. The fourth-order valence-electron chi connectivity index (χ4n) is 2.44. The van der Waals surface area contributed by atoms with E-state index in [2.05, 4.69) is 22.7 Å². The topological polar surface area (TPSA) is 27.3 Å². The first-order chi connectivity index (χ1) is 9.36. The van der Waals surface area contributed by atoms with Crippen LogP contribution in [0.4, 0.5) is 13.2 Å². The summed E-state index contributed by atoms with van der Waals surface area (Å²) in [6, 6.07) is 5.79. The predicted molar refractivity (Wildman–Crippen MR) is 71.9 cm³/mol. The van der Waals surface area contributed by atoms with Crippen molar-refractivity contribution in [2.75, 3.05) is 20.1 Å². The highest BCUT2D eigenvalue weighted by Gasteiger charge is 2.30. The number of nitrogens with one attached hydrogen (secondary N) is 2. The van der Waals surface area contributed by atoms with E-state index in [9.17, 15) is 13.2 Å². The zero-order valence-electron chi connectivity index (χ0n) is 11.7. The Bertz CT molecular complexity index is 430. The molecule has 1 aliphatic rings. The highest BCUT2D eigenvalue weighted by Crippen LogP contribution is 2.29. The lowest BCUT2D eigenvalue weighted by Gasteiger charge is -2.22. The molecule has 2 atom stereocenters. The van der Waals surface area contributed by atoms with Crippen LogP contribution in [0.2, 0.25) is 0 Å². The Labute approximate surface area is 117 Å². The third kappa shape index (κ3) is 3.94. The van der Waals surface area contributed by atoms with Gasteiger partial charge < -0.3 is 4.90 Å². The maximum atomic E-state index is 12.5. The van der Waals surface area contributed by atoms with Crippen molar-refractivity contribution in [1.82, 2.24) is 15.8 Å². The third-order valence-electron chi connectivity index (χ3n) is 3.68. The van der Waals surface area contributed by atoms with Crippen LogP contribution in [0.3, 0.4) is 0 Å². The van der Waals surface area contributed by atoms with Crippen molar-refractivity contribution in [1.29, 1.82) is 0 Å². The molecule has 20 heavy (non-hydrogen) atoms. The minimum atomic E-state index is -4.26. The van der Waals surface area contributed by atoms with Gasteiger partial charge in [-0.25, -0.2) is 0 Å². The second-order valence-corrected chi connectivity index (χ2v) is 5.47. The molecular weight excluding hydrogens is 267 g/mol. The van der Waals surface area contributed by atoms with Crippen LogP contribution < -0.4 is 10.9 Å². The largest absolute Gasteiger partial charge is 0.416 e. The third-order valence-corrected chi connectivity index (χ3v) is 3.68. The summed E-state index contributed by atoms with van der Waals surface area (Å²) in [5.41, 5.74) is 6.57. The molecule has 1 aliphatic heterocycles. The molecule has 6 heteroatoms. The van der Waals surface area contributed by atoms with Crippen molar-refractivity contribution in [3.05, 3.63) is 35.4 Å². The number of hydrogen-bond donors (Lipinski definition) is 2. The first-order valence-electron chi connectivity index (χ1n) is 6.69. The SMILES string of the molecule is CC1NNCC1CN(C)Cc1ccc(C(F)(F)F)cc1. The lowest BCUT2D eigenvalue weighted by molar-refractivity contribution is -0.137.